The maximum absolute atomic E-state index is 14.4. The number of hydrogen-bond acceptors (Lipinski definition) is 5. The van der Waals surface area contributed by atoms with Crippen LogP contribution in [-0.4, -0.2) is 52.0 Å². The highest BCUT2D eigenvalue weighted by molar-refractivity contribution is 6.31. The zero-order valence-corrected chi connectivity index (χ0v) is 18.5. The lowest BCUT2D eigenvalue weighted by Crippen LogP contribution is -2.51. The molecule has 1 aromatic rings. The maximum atomic E-state index is 14.4. The number of nitrogens with zero attached hydrogens (tertiary/aromatic N) is 2. The third-order valence-electron chi connectivity index (χ3n) is 5.48. The SMILES string of the molecule is CC(C)(C)OC(=O)N1C[C@@H]2[C@H](C1)[C@H]2C(=O)NC(C)(C)C(=NO)c1cccc(Cl)c1F. The zero-order valence-electron chi connectivity index (χ0n) is 17.7. The van der Waals surface area contributed by atoms with Gasteiger partial charge in [-0.2, -0.15) is 0 Å². The number of nitrogens with one attached hydrogen (secondary N) is 1. The Morgan fingerprint density at radius 2 is 1.83 bits per heavy atom. The fourth-order valence-corrected chi connectivity index (χ4v) is 4.22. The van der Waals surface area contributed by atoms with Gasteiger partial charge in [0.2, 0.25) is 5.91 Å². The number of rotatable bonds is 4. The van der Waals surface area contributed by atoms with Crippen molar-refractivity contribution in [2.24, 2.45) is 22.9 Å². The summed E-state index contributed by atoms with van der Waals surface area (Å²) in [6.45, 7) is 9.61. The largest absolute Gasteiger partial charge is 0.444 e. The van der Waals surface area contributed by atoms with Crippen LogP contribution in [0.1, 0.15) is 40.2 Å². The molecule has 164 valence electrons. The van der Waals surface area contributed by atoms with Gasteiger partial charge in [0.25, 0.3) is 0 Å². The minimum absolute atomic E-state index is 0.0161. The van der Waals surface area contributed by atoms with Gasteiger partial charge in [0.15, 0.2) is 5.82 Å². The minimum atomic E-state index is -1.14. The lowest BCUT2D eigenvalue weighted by atomic mass is 9.91. The summed E-state index contributed by atoms with van der Waals surface area (Å²) in [6.07, 6.45) is -0.375. The third-order valence-corrected chi connectivity index (χ3v) is 5.77. The third kappa shape index (κ3) is 4.38. The fourth-order valence-electron chi connectivity index (χ4n) is 4.04. The number of carbonyl (C=O) groups excluding carboxylic acids is 2. The molecule has 1 saturated carbocycles. The first-order chi connectivity index (χ1) is 13.9. The van der Waals surface area contributed by atoms with Crippen molar-refractivity contribution >= 4 is 29.3 Å². The Morgan fingerprint density at radius 1 is 1.23 bits per heavy atom. The fraction of sp³-hybridized carbons (Fsp3) is 0.571. The number of piperidine rings is 1. The number of fused-ring (bicyclic) bond motifs is 1. The second-order valence-electron chi connectivity index (χ2n) is 9.40. The monoisotopic (exact) mass is 439 g/mol. The molecule has 0 radical (unpaired) electrons. The first-order valence-corrected chi connectivity index (χ1v) is 10.2. The Hall–Kier alpha value is -2.35. The number of ether oxygens (including phenoxy) is 1. The topological polar surface area (TPSA) is 91.2 Å². The van der Waals surface area contributed by atoms with Gasteiger partial charge in [-0.05, 0) is 58.6 Å². The van der Waals surface area contributed by atoms with E-state index in [9.17, 15) is 19.2 Å². The predicted octanol–water partition coefficient (Wildman–Crippen LogP) is 3.67. The van der Waals surface area contributed by atoms with Crippen molar-refractivity contribution in [3.8, 4) is 0 Å². The highest BCUT2D eigenvalue weighted by Crippen LogP contribution is 2.52. The molecular formula is C21H27ClFN3O4. The summed E-state index contributed by atoms with van der Waals surface area (Å²) >= 11 is 5.83. The van der Waals surface area contributed by atoms with Crippen LogP contribution in [0.2, 0.25) is 5.02 Å². The van der Waals surface area contributed by atoms with Gasteiger partial charge < -0.3 is 20.2 Å². The van der Waals surface area contributed by atoms with E-state index in [1.54, 1.807) is 24.8 Å². The van der Waals surface area contributed by atoms with Crippen molar-refractivity contribution in [3.05, 3.63) is 34.6 Å². The number of oxime groups is 1. The lowest BCUT2D eigenvalue weighted by Gasteiger charge is -2.29. The van der Waals surface area contributed by atoms with Crippen LogP contribution in [0.5, 0.6) is 0 Å². The average molecular weight is 440 g/mol. The van der Waals surface area contributed by atoms with Gasteiger partial charge in [-0.1, -0.05) is 22.8 Å². The maximum Gasteiger partial charge on any atom is 0.410 e. The molecule has 9 heteroatoms. The summed E-state index contributed by atoms with van der Waals surface area (Å²) in [5, 5.41) is 15.5. The zero-order chi connectivity index (χ0) is 22.4. The van der Waals surface area contributed by atoms with Crippen LogP contribution in [0, 0.1) is 23.6 Å². The molecule has 2 aliphatic rings. The number of hydrogen-bond donors (Lipinski definition) is 2. The summed E-state index contributed by atoms with van der Waals surface area (Å²) in [4.78, 5) is 26.7. The molecule has 1 aliphatic heterocycles. The summed E-state index contributed by atoms with van der Waals surface area (Å²) in [5.74, 6) is -1.06. The molecule has 0 bridgehead atoms. The molecule has 2 fully saturated rings. The molecular weight excluding hydrogens is 413 g/mol. The molecule has 0 unspecified atom stereocenters. The second kappa shape index (κ2) is 7.72. The van der Waals surface area contributed by atoms with Crippen LogP contribution in [0.4, 0.5) is 9.18 Å². The molecule has 2 N–H and O–H groups in total. The molecule has 2 amide bonds. The van der Waals surface area contributed by atoms with E-state index in [0.29, 0.717) is 13.1 Å². The van der Waals surface area contributed by atoms with Gasteiger partial charge >= 0.3 is 6.09 Å². The van der Waals surface area contributed by atoms with Crippen LogP contribution >= 0.6 is 11.6 Å². The van der Waals surface area contributed by atoms with Crippen molar-refractivity contribution < 1.29 is 23.9 Å². The molecule has 1 heterocycles. The Kier molecular flexibility index (Phi) is 5.75. The smallest absolute Gasteiger partial charge is 0.410 e. The van der Waals surface area contributed by atoms with E-state index in [1.165, 1.54) is 12.1 Å². The van der Waals surface area contributed by atoms with Gasteiger partial charge in [-0.3, -0.25) is 4.79 Å². The molecule has 1 saturated heterocycles. The first-order valence-electron chi connectivity index (χ1n) is 9.82. The average Bonchev–Trinajstić information content (AvgIpc) is 3.11. The first kappa shape index (κ1) is 22.3. The summed E-state index contributed by atoms with van der Waals surface area (Å²) in [7, 11) is 0. The molecule has 30 heavy (non-hydrogen) atoms. The number of carbonyl (C=O) groups is 2. The number of likely N-dealkylation sites (tertiary alicyclic amines) is 1. The second-order valence-corrected chi connectivity index (χ2v) is 9.81. The van der Waals surface area contributed by atoms with E-state index in [0.717, 1.165) is 0 Å². The number of amides is 2. The van der Waals surface area contributed by atoms with Crippen molar-refractivity contribution in [3.63, 3.8) is 0 Å². The predicted molar refractivity (Wildman–Crippen MR) is 110 cm³/mol. The quantitative estimate of drug-likeness (QED) is 0.425. The van der Waals surface area contributed by atoms with Gasteiger partial charge in [-0.15, -0.1) is 0 Å². The lowest BCUT2D eigenvalue weighted by molar-refractivity contribution is -0.124. The van der Waals surface area contributed by atoms with Gasteiger partial charge in [0.1, 0.15) is 11.3 Å². The van der Waals surface area contributed by atoms with E-state index in [-0.39, 0.29) is 46.1 Å². The molecule has 0 aromatic heterocycles. The molecule has 3 atom stereocenters. The Balaban J connectivity index is 1.63. The number of benzene rings is 1. The van der Waals surface area contributed by atoms with Crippen molar-refractivity contribution in [2.45, 2.75) is 45.8 Å². The number of halogens is 2. The summed E-state index contributed by atoms with van der Waals surface area (Å²) in [6, 6.07) is 4.37. The highest BCUT2D eigenvalue weighted by Gasteiger charge is 2.61. The van der Waals surface area contributed by atoms with Crippen molar-refractivity contribution in [1.29, 1.82) is 0 Å². The Morgan fingerprint density at radius 3 is 2.37 bits per heavy atom. The molecule has 1 aromatic carbocycles. The van der Waals surface area contributed by atoms with E-state index >= 15 is 0 Å². The van der Waals surface area contributed by atoms with Crippen LogP contribution in [0.15, 0.2) is 23.4 Å². The van der Waals surface area contributed by atoms with E-state index in [2.05, 4.69) is 10.5 Å². The van der Waals surface area contributed by atoms with Crippen LogP contribution in [0.3, 0.4) is 0 Å². The van der Waals surface area contributed by atoms with Gasteiger partial charge in [-0.25, -0.2) is 9.18 Å². The van der Waals surface area contributed by atoms with Gasteiger partial charge in [0.05, 0.1) is 10.6 Å². The minimum Gasteiger partial charge on any atom is -0.444 e. The molecule has 1 aliphatic carbocycles. The van der Waals surface area contributed by atoms with Crippen LogP contribution < -0.4 is 5.32 Å². The van der Waals surface area contributed by atoms with Crippen molar-refractivity contribution in [2.75, 3.05) is 13.1 Å². The Labute approximate surface area is 180 Å². The van der Waals surface area contributed by atoms with Gasteiger partial charge in [0, 0.05) is 24.6 Å². The van der Waals surface area contributed by atoms with Crippen LogP contribution in [-0.2, 0) is 9.53 Å². The van der Waals surface area contributed by atoms with E-state index in [1.807, 2.05) is 20.8 Å². The van der Waals surface area contributed by atoms with Crippen LogP contribution in [0.25, 0.3) is 0 Å². The molecule has 7 nitrogen and oxygen atoms in total. The van der Waals surface area contributed by atoms with E-state index in [4.69, 9.17) is 16.3 Å². The Bertz CT molecular complexity index is 885. The normalized spacial score (nSPS) is 23.8. The summed E-state index contributed by atoms with van der Waals surface area (Å²) < 4.78 is 19.8. The van der Waals surface area contributed by atoms with E-state index < -0.39 is 17.0 Å². The molecule has 3 rings (SSSR count). The standard InChI is InChI=1S/C21H27ClFN3O4/c1-20(2,3)30-19(28)26-9-12-13(10-26)15(12)18(27)24-21(4,5)17(25-29)11-7-6-8-14(22)16(11)23/h6-8,12-13,15,29H,9-10H2,1-5H3,(H,24,27)/t12-,13+,15+. The molecule has 0 spiro atoms. The highest BCUT2D eigenvalue weighted by atomic mass is 35.5. The summed E-state index contributed by atoms with van der Waals surface area (Å²) in [5.41, 5.74) is -1.72. The van der Waals surface area contributed by atoms with Crippen molar-refractivity contribution in [1.82, 2.24) is 10.2 Å².